The van der Waals surface area contributed by atoms with Gasteiger partial charge in [-0.25, -0.2) is 0 Å². The molecule has 6 nitrogen and oxygen atoms in total. The second kappa shape index (κ2) is 7.57. The summed E-state index contributed by atoms with van der Waals surface area (Å²) in [6.07, 6.45) is 3.05. The van der Waals surface area contributed by atoms with Gasteiger partial charge >= 0.3 is 7.12 Å². The smallest absolute Gasteiger partial charge is 0.527 e. The summed E-state index contributed by atoms with van der Waals surface area (Å²) in [4.78, 5) is 0. The van der Waals surface area contributed by atoms with Crippen molar-refractivity contribution >= 4 is 12.7 Å². The number of hydrogen-bond acceptors (Lipinski definition) is 6. The molecule has 2 heterocycles. The molecule has 7 heteroatoms. The predicted molar refractivity (Wildman–Crippen MR) is 96.3 cm³/mol. The van der Waals surface area contributed by atoms with Crippen LogP contribution in [0, 0.1) is 0 Å². The SMILES string of the molecule is CCCOc1cc(-c2cc(C3=C(C)OB(O)C3)cnn2)ccc1OC. The Kier molecular flexibility index (Phi) is 5.24. The highest BCUT2D eigenvalue weighted by Gasteiger charge is 2.28. The van der Waals surface area contributed by atoms with E-state index in [9.17, 15) is 5.02 Å². The predicted octanol–water partition coefficient (Wildman–Crippen LogP) is 3.18. The first kappa shape index (κ1) is 17.3. The second-order valence-corrected chi connectivity index (χ2v) is 5.85. The summed E-state index contributed by atoms with van der Waals surface area (Å²) in [7, 11) is 0.830. The Hall–Kier alpha value is -2.54. The van der Waals surface area contributed by atoms with Gasteiger partial charge in [-0.1, -0.05) is 6.92 Å². The van der Waals surface area contributed by atoms with E-state index in [0.29, 0.717) is 30.2 Å². The fourth-order valence-corrected chi connectivity index (χ4v) is 2.79. The van der Waals surface area contributed by atoms with Gasteiger partial charge in [0.1, 0.15) is 0 Å². The molecule has 1 aromatic carbocycles. The fraction of sp³-hybridized carbons (Fsp3) is 0.333. The van der Waals surface area contributed by atoms with Crippen molar-refractivity contribution in [2.45, 2.75) is 26.6 Å². The minimum atomic E-state index is -0.790. The van der Waals surface area contributed by atoms with E-state index < -0.39 is 7.12 Å². The van der Waals surface area contributed by atoms with Crippen LogP contribution in [-0.2, 0) is 4.65 Å². The summed E-state index contributed by atoms with van der Waals surface area (Å²) in [5, 5.41) is 18.0. The third-order valence-corrected chi connectivity index (χ3v) is 4.04. The molecule has 130 valence electrons. The van der Waals surface area contributed by atoms with Gasteiger partial charge in [-0.2, -0.15) is 10.2 Å². The number of benzene rings is 1. The van der Waals surface area contributed by atoms with Crippen LogP contribution in [0.4, 0.5) is 0 Å². The second-order valence-electron chi connectivity index (χ2n) is 5.85. The summed E-state index contributed by atoms with van der Waals surface area (Å²) in [6.45, 7) is 4.52. The van der Waals surface area contributed by atoms with Gasteiger partial charge in [0.2, 0.25) is 0 Å². The number of methoxy groups -OCH3 is 1. The maximum Gasteiger partial charge on any atom is 0.527 e. The molecule has 0 aliphatic carbocycles. The molecule has 0 radical (unpaired) electrons. The summed E-state index contributed by atoms with van der Waals surface area (Å²) in [5.74, 6) is 2.09. The lowest BCUT2D eigenvalue weighted by Gasteiger charge is -2.12. The molecular formula is C18H21BN2O4. The zero-order valence-corrected chi connectivity index (χ0v) is 14.7. The summed E-state index contributed by atoms with van der Waals surface area (Å²) in [6, 6.07) is 7.64. The number of ether oxygens (including phenoxy) is 2. The lowest BCUT2D eigenvalue weighted by molar-refractivity contribution is 0.294. The van der Waals surface area contributed by atoms with Crippen LogP contribution >= 0.6 is 0 Å². The maximum atomic E-state index is 9.66. The first-order valence-corrected chi connectivity index (χ1v) is 8.31. The normalized spacial score (nSPS) is 13.8. The highest BCUT2D eigenvalue weighted by Crippen LogP contribution is 2.35. The van der Waals surface area contributed by atoms with Crippen molar-refractivity contribution in [2.75, 3.05) is 13.7 Å². The van der Waals surface area contributed by atoms with E-state index in [1.807, 2.05) is 31.2 Å². The average molecular weight is 340 g/mol. The molecule has 0 saturated carbocycles. The topological polar surface area (TPSA) is 73.7 Å². The molecule has 0 spiro atoms. The van der Waals surface area contributed by atoms with Crippen molar-refractivity contribution in [1.29, 1.82) is 0 Å². The van der Waals surface area contributed by atoms with Crippen molar-refractivity contribution in [2.24, 2.45) is 0 Å². The van der Waals surface area contributed by atoms with Crippen molar-refractivity contribution in [3.8, 4) is 22.8 Å². The number of rotatable bonds is 6. The molecule has 1 aromatic heterocycles. The Balaban J connectivity index is 1.94. The van der Waals surface area contributed by atoms with E-state index in [0.717, 1.165) is 28.8 Å². The minimum absolute atomic E-state index is 0.449. The van der Waals surface area contributed by atoms with E-state index >= 15 is 0 Å². The molecule has 0 amide bonds. The lowest BCUT2D eigenvalue weighted by atomic mass is 9.82. The number of allylic oxidation sites excluding steroid dienone is 2. The molecule has 0 saturated heterocycles. The number of hydrogen-bond donors (Lipinski definition) is 1. The third-order valence-electron chi connectivity index (χ3n) is 4.04. The monoisotopic (exact) mass is 340 g/mol. The van der Waals surface area contributed by atoms with Gasteiger partial charge in [-0.05, 0) is 43.2 Å². The van der Waals surface area contributed by atoms with E-state index in [2.05, 4.69) is 17.1 Å². The molecule has 3 rings (SSSR count). The quantitative estimate of drug-likeness (QED) is 0.814. The molecule has 0 atom stereocenters. The van der Waals surface area contributed by atoms with E-state index in [4.69, 9.17) is 14.1 Å². The highest BCUT2D eigenvalue weighted by molar-refractivity contribution is 6.47. The van der Waals surface area contributed by atoms with Crippen LogP contribution in [-0.4, -0.2) is 36.1 Å². The van der Waals surface area contributed by atoms with E-state index in [-0.39, 0.29) is 0 Å². The summed E-state index contributed by atoms with van der Waals surface area (Å²) >= 11 is 0. The Morgan fingerprint density at radius 1 is 1.24 bits per heavy atom. The van der Waals surface area contributed by atoms with Gasteiger partial charge in [-0.15, -0.1) is 0 Å². The van der Waals surface area contributed by atoms with Gasteiger partial charge in [0.25, 0.3) is 0 Å². The molecule has 0 unspecified atom stereocenters. The first-order valence-electron chi connectivity index (χ1n) is 8.31. The zero-order valence-electron chi connectivity index (χ0n) is 14.7. The highest BCUT2D eigenvalue weighted by atomic mass is 16.5. The van der Waals surface area contributed by atoms with Gasteiger partial charge in [-0.3, -0.25) is 0 Å². The lowest BCUT2D eigenvalue weighted by Crippen LogP contribution is -2.09. The summed E-state index contributed by atoms with van der Waals surface area (Å²) < 4.78 is 16.4. The molecule has 1 aliphatic rings. The van der Waals surface area contributed by atoms with Crippen molar-refractivity contribution in [1.82, 2.24) is 10.2 Å². The van der Waals surface area contributed by atoms with Crippen LogP contribution in [0.1, 0.15) is 25.8 Å². The van der Waals surface area contributed by atoms with Crippen LogP contribution in [0.15, 0.2) is 36.2 Å². The number of aromatic nitrogens is 2. The van der Waals surface area contributed by atoms with Crippen LogP contribution in [0.2, 0.25) is 6.32 Å². The standard InChI is InChI=1S/C18H21BN2O4/c1-4-7-24-18-9-13(5-6-17(18)23-3)16-8-14(11-20-21-16)15-10-19(22)25-12(15)2/h5-6,8-9,11,22H,4,7,10H2,1-3H3. The molecular weight excluding hydrogens is 319 g/mol. The van der Waals surface area contributed by atoms with Gasteiger partial charge in [0, 0.05) is 17.4 Å². The van der Waals surface area contributed by atoms with Crippen molar-refractivity contribution in [3.05, 3.63) is 41.8 Å². The molecule has 1 aliphatic heterocycles. The van der Waals surface area contributed by atoms with Gasteiger partial charge < -0.3 is 19.2 Å². The Bertz CT molecular complexity index is 794. The Morgan fingerprint density at radius 2 is 2.08 bits per heavy atom. The fourth-order valence-electron chi connectivity index (χ4n) is 2.79. The minimum Gasteiger partial charge on any atom is -0.539 e. The third kappa shape index (κ3) is 3.77. The Morgan fingerprint density at radius 3 is 2.76 bits per heavy atom. The van der Waals surface area contributed by atoms with Crippen LogP contribution in [0.5, 0.6) is 11.5 Å². The first-order chi connectivity index (χ1) is 12.1. The van der Waals surface area contributed by atoms with Crippen molar-refractivity contribution in [3.63, 3.8) is 0 Å². The van der Waals surface area contributed by atoms with Crippen LogP contribution in [0.25, 0.3) is 16.8 Å². The maximum absolute atomic E-state index is 9.66. The number of nitrogens with zero attached hydrogens (tertiary/aromatic N) is 2. The average Bonchev–Trinajstić information content (AvgIpc) is 2.98. The molecule has 2 aromatic rings. The van der Waals surface area contributed by atoms with E-state index in [1.54, 1.807) is 13.3 Å². The molecule has 1 N–H and O–H groups in total. The Labute approximate surface area is 147 Å². The largest absolute Gasteiger partial charge is 0.539 e. The van der Waals surface area contributed by atoms with Gasteiger partial charge in [0.15, 0.2) is 11.5 Å². The van der Waals surface area contributed by atoms with Crippen LogP contribution in [0.3, 0.4) is 0 Å². The van der Waals surface area contributed by atoms with Crippen molar-refractivity contribution < 1.29 is 19.2 Å². The molecule has 0 bridgehead atoms. The summed E-state index contributed by atoms with van der Waals surface area (Å²) in [5.41, 5.74) is 3.45. The van der Waals surface area contributed by atoms with Crippen LogP contribution < -0.4 is 9.47 Å². The molecule has 25 heavy (non-hydrogen) atoms. The van der Waals surface area contributed by atoms with E-state index in [1.165, 1.54) is 0 Å². The molecule has 0 fully saturated rings. The van der Waals surface area contributed by atoms with Gasteiger partial charge in [0.05, 0.1) is 31.4 Å². The zero-order chi connectivity index (χ0) is 17.8.